The lowest BCUT2D eigenvalue weighted by molar-refractivity contribution is -0.175. The summed E-state index contributed by atoms with van der Waals surface area (Å²) in [5.74, 6) is 1.81. The largest absolute Gasteiger partial charge is 0.394 e. The lowest BCUT2D eigenvalue weighted by Gasteiger charge is -2.20. The number of pyridine rings is 3. The Morgan fingerprint density at radius 1 is 1.02 bits per heavy atom. The number of methoxy groups -OCH3 is 1. The van der Waals surface area contributed by atoms with Gasteiger partial charge in [-0.25, -0.2) is 9.97 Å². The normalized spacial score (nSPS) is 16.2. The van der Waals surface area contributed by atoms with Crippen molar-refractivity contribution in [3.63, 3.8) is 0 Å². The first-order valence-electron chi connectivity index (χ1n) is 13.1. The summed E-state index contributed by atoms with van der Waals surface area (Å²) in [6.45, 7) is 3.78. The average molecular weight is 552 g/mol. The number of fused-ring (bicyclic) bond motifs is 1. The summed E-state index contributed by atoms with van der Waals surface area (Å²) in [5, 5.41) is 21.1. The number of hydrogen-bond acceptors (Lipinski definition) is 11. The molecule has 4 aromatic heterocycles. The molecule has 1 aliphatic heterocycles. The van der Waals surface area contributed by atoms with Gasteiger partial charge in [0.15, 0.2) is 6.29 Å². The second-order valence-corrected chi connectivity index (χ2v) is 10.0. The van der Waals surface area contributed by atoms with E-state index in [0.29, 0.717) is 28.7 Å². The highest BCUT2D eigenvalue weighted by atomic mass is 16.7. The van der Waals surface area contributed by atoms with Gasteiger partial charge in [-0.3, -0.25) is 4.98 Å². The summed E-state index contributed by atoms with van der Waals surface area (Å²) in [6.07, 6.45) is 4.53. The van der Waals surface area contributed by atoms with E-state index < -0.39 is 17.9 Å². The molecule has 0 spiro atoms. The van der Waals surface area contributed by atoms with Crippen molar-refractivity contribution in [1.82, 2.24) is 25.1 Å². The van der Waals surface area contributed by atoms with E-state index in [1.807, 2.05) is 74.5 Å². The molecule has 11 heteroatoms. The number of nitrogens with one attached hydrogen (secondary N) is 2. The highest BCUT2D eigenvalue weighted by Crippen LogP contribution is 2.43. The fraction of sp³-hybridized carbons (Fsp3) is 0.233. The number of rotatable bonds is 9. The van der Waals surface area contributed by atoms with Gasteiger partial charge in [0.2, 0.25) is 5.82 Å². The molecule has 6 rings (SSSR count). The van der Waals surface area contributed by atoms with E-state index in [1.54, 1.807) is 25.7 Å². The number of aromatic nitrogens is 5. The third-order valence-corrected chi connectivity index (χ3v) is 6.82. The van der Waals surface area contributed by atoms with Gasteiger partial charge in [0.25, 0.3) is 5.89 Å². The molecule has 1 aromatic carbocycles. The molecule has 0 fully saturated rings. The van der Waals surface area contributed by atoms with Crippen LogP contribution in [-0.4, -0.2) is 43.9 Å². The summed E-state index contributed by atoms with van der Waals surface area (Å²) in [5.41, 5.74) is 3.94. The fourth-order valence-corrected chi connectivity index (χ4v) is 4.77. The maximum absolute atomic E-state index is 10.3. The van der Waals surface area contributed by atoms with Crippen molar-refractivity contribution in [2.45, 2.75) is 31.8 Å². The van der Waals surface area contributed by atoms with Gasteiger partial charge < -0.3 is 29.7 Å². The number of nitrogens with zero attached hydrogens (tertiary/aromatic N) is 5. The molecule has 0 saturated heterocycles. The average Bonchev–Trinajstić information content (AvgIpc) is 3.59. The van der Waals surface area contributed by atoms with Gasteiger partial charge in [-0.2, -0.15) is 4.98 Å². The minimum absolute atomic E-state index is 0.137. The Labute approximate surface area is 236 Å². The Hall–Kier alpha value is -4.71. The summed E-state index contributed by atoms with van der Waals surface area (Å²) >= 11 is 0. The van der Waals surface area contributed by atoms with E-state index in [-0.39, 0.29) is 12.5 Å². The van der Waals surface area contributed by atoms with Crippen LogP contribution in [0.4, 0.5) is 17.3 Å². The number of aliphatic hydroxyl groups is 1. The highest BCUT2D eigenvalue weighted by molar-refractivity contribution is 5.76. The summed E-state index contributed by atoms with van der Waals surface area (Å²) < 4.78 is 17.1. The predicted octanol–water partition coefficient (Wildman–Crippen LogP) is 5.39. The lowest BCUT2D eigenvalue weighted by Crippen LogP contribution is -2.18. The zero-order valence-corrected chi connectivity index (χ0v) is 22.8. The van der Waals surface area contributed by atoms with Crippen molar-refractivity contribution in [1.29, 1.82) is 0 Å². The first kappa shape index (κ1) is 26.5. The molecule has 0 radical (unpaired) electrons. The Bertz CT molecular complexity index is 1640. The Morgan fingerprint density at radius 3 is 2.63 bits per heavy atom. The fourth-order valence-electron chi connectivity index (χ4n) is 4.77. The molecule has 0 saturated carbocycles. The van der Waals surface area contributed by atoms with Gasteiger partial charge in [-0.05, 0) is 43.7 Å². The summed E-state index contributed by atoms with van der Waals surface area (Å²) in [4.78, 5) is 18.1. The number of ether oxygens (including phenoxy) is 2. The van der Waals surface area contributed by atoms with E-state index in [1.165, 1.54) is 0 Å². The molecular weight excluding hydrogens is 522 g/mol. The molecule has 5 aromatic rings. The first-order chi connectivity index (χ1) is 19.9. The van der Waals surface area contributed by atoms with E-state index in [0.717, 1.165) is 22.4 Å². The van der Waals surface area contributed by atoms with Crippen LogP contribution in [0.2, 0.25) is 0 Å². The Balaban J connectivity index is 1.35. The van der Waals surface area contributed by atoms with Crippen LogP contribution in [0.5, 0.6) is 0 Å². The second-order valence-electron chi connectivity index (χ2n) is 10.0. The van der Waals surface area contributed by atoms with Crippen LogP contribution < -0.4 is 10.6 Å². The molecule has 5 heterocycles. The third-order valence-electron chi connectivity index (χ3n) is 6.82. The maximum atomic E-state index is 10.3. The van der Waals surface area contributed by atoms with E-state index in [4.69, 9.17) is 19.0 Å². The van der Waals surface area contributed by atoms with Crippen molar-refractivity contribution >= 4 is 17.3 Å². The second kappa shape index (κ2) is 11.0. The van der Waals surface area contributed by atoms with Gasteiger partial charge in [-0.1, -0.05) is 35.5 Å². The highest BCUT2D eigenvalue weighted by Gasteiger charge is 2.39. The van der Waals surface area contributed by atoms with Gasteiger partial charge in [-0.15, -0.1) is 0 Å². The van der Waals surface area contributed by atoms with Crippen LogP contribution in [0, 0.1) is 0 Å². The van der Waals surface area contributed by atoms with Gasteiger partial charge in [0.05, 0.1) is 29.6 Å². The van der Waals surface area contributed by atoms with Gasteiger partial charge in [0, 0.05) is 42.9 Å². The third kappa shape index (κ3) is 5.38. The van der Waals surface area contributed by atoms with Crippen molar-refractivity contribution in [3.8, 4) is 22.8 Å². The van der Waals surface area contributed by atoms with Crippen LogP contribution in [0.25, 0.3) is 22.8 Å². The summed E-state index contributed by atoms with van der Waals surface area (Å²) in [6, 6.07) is 18.6. The molecule has 11 nitrogen and oxygen atoms in total. The molecular formula is C30H29N7O4. The van der Waals surface area contributed by atoms with Crippen LogP contribution in [0.1, 0.15) is 43.0 Å². The molecule has 0 aliphatic carbocycles. The SMILES string of the molecule is COC1OC(C)(C)c2nc(Nc3cc(N[C@H](CO)c4ccccc4)c(-c4nc(-c5cccnc5)no4)cn3)ccc21. The molecule has 0 amide bonds. The number of benzene rings is 1. The van der Waals surface area contributed by atoms with Crippen LogP contribution >= 0.6 is 0 Å². The molecule has 208 valence electrons. The monoisotopic (exact) mass is 551 g/mol. The minimum Gasteiger partial charge on any atom is -0.394 e. The molecule has 0 bridgehead atoms. The van der Waals surface area contributed by atoms with Gasteiger partial charge >= 0.3 is 0 Å². The molecule has 2 atom stereocenters. The van der Waals surface area contributed by atoms with E-state index in [2.05, 4.69) is 30.7 Å². The zero-order chi connectivity index (χ0) is 28.4. The minimum atomic E-state index is -0.605. The molecule has 1 unspecified atom stereocenters. The maximum Gasteiger partial charge on any atom is 0.261 e. The van der Waals surface area contributed by atoms with Crippen molar-refractivity contribution in [2.24, 2.45) is 0 Å². The smallest absolute Gasteiger partial charge is 0.261 e. The molecule has 3 N–H and O–H groups in total. The van der Waals surface area contributed by atoms with E-state index >= 15 is 0 Å². The Kier molecular flexibility index (Phi) is 7.14. The van der Waals surface area contributed by atoms with Crippen LogP contribution in [-0.2, 0) is 15.1 Å². The van der Waals surface area contributed by atoms with Crippen molar-refractivity contribution in [3.05, 3.63) is 96.1 Å². The zero-order valence-electron chi connectivity index (χ0n) is 22.8. The number of aliphatic hydroxyl groups excluding tert-OH is 1. The lowest BCUT2D eigenvalue weighted by atomic mass is 10.0. The van der Waals surface area contributed by atoms with Crippen LogP contribution in [0.15, 0.2) is 83.8 Å². The standard InChI is InChI=1S/C30H29N7O4/c1-30(2)26-20(29(39-3)40-30)11-12-24(35-26)34-25-14-22(33-23(17-38)18-8-5-4-6-9-18)21(16-32-25)28-36-27(37-41-28)19-10-7-13-31-15-19/h4-16,23,29,38H,17H2,1-3H3,(H2,32,33,34,35)/t23-,29?/m1/s1. The van der Waals surface area contributed by atoms with Crippen molar-refractivity contribution in [2.75, 3.05) is 24.4 Å². The number of hydrogen-bond donors (Lipinski definition) is 3. The summed E-state index contributed by atoms with van der Waals surface area (Å²) in [7, 11) is 1.61. The molecule has 41 heavy (non-hydrogen) atoms. The van der Waals surface area contributed by atoms with Crippen LogP contribution in [0.3, 0.4) is 0 Å². The topological polar surface area (TPSA) is 140 Å². The first-order valence-corrected chi connectivity index (χ1v) is 13.1. The van der Waals surface area contributed by atoms with Gasteiger partial charge in [0.1, 0.15) is 17.2 Å². The van der Waals surface area contributed by atoms with Crippen molar-refractivity contribution < 1.29 is 19.1 Å². The Morgan fingerprint density at radius 2 is 1.88 bits per heavy atom. The molecule has 1 aliphatic rings. The predicted molar refractivity (Wildman–Crippen MR) is 152 cm³/mol. The van der Waals surface area contributed by atoms with E-state index in [9.17, 15) is 5.11 Å². The quantitative estimate of drug-likeness (QED) is 0.217. The number of anilines is 3.